The van der Waals surface area contributed by atoms with E-state index in [4.69, 9.17) is 15.9 Å². The summed E-state index contributed by atoms with van der Waals surface area (Å²) in [6.45, 7) is 0. The molecule has 1 aliphatic carbocycles. The number of rotatable bonds is 2. The molecule has 0 fully saturated rings. The Hall–Kier alpha value is -1.36. The van der Waals surface area contributed by atoms with Crippen LogP contribution in [0, 0.1) is 11.8 Å². The summed E-state index contributed by atoms with van der Waals surface area (Å²) in [6.07, 6.45) is 2.00. The van der Waals surface area contributed by atoms with Crippen molar-refractivity contribution in [1.82, 2.24) is 0 Å². The van der Waals surface area contributed by atoms with Crippen molar-refractivity contribution in [1.29, 1.82) is 0 Å². The van der Waals surface area contributed by atoms with E-state index in [0.717, 1.165) is 0 Å². The highest BCUT2D eigenvalue weighted by Gasteiger charge is 2.34. The maximum Gasteiger partial charge on any atom is 0.307 e. The van der Waals surface area contributed by atoms with E-state index in [1.807, 2.05) is 0 Å². The minimum absolute atomic E-state index is 0.0411. The lowest BCUT2D eigenvalue weighted by molar-refractivity contribution is -0.147. The molecule has 5 nitrogen and oxygen atoms in total. The van der Waals surface area contributed by atoms with Crippen molar-refractivity contribution >= 4 is 11.9 Å². The Kier molecular flexibility index (Phi) is 2.67. The second kappa shape index (κ2) is 3.57. The molecule has 1 rings (SSSR count). The molecule has 0 heterocycles. The lowest BCUT2D eigenvalue weighted by Crippen LogP contribution is -2.37. The second-order valence-corrected chi connectivity index (χ2v) is 3.06. The van der Waals surface area contributed by atoms with E-state index in [0.29, 0.717) is 0 Å². The van der Waals surface area contributed by atoms with Gasteiger partial charge in [0.15, 0.2) is 0 Å². The van der Waals surface area contributed by atoms with E-state index in [-0.39, 0.29) is 6.42 Å². The lowest BCUT2D eigenvalue weighted by Gasteiger charge is -2.24. The maximum absolute atomic E-state index is 10.8. The first kappa shape index (κ1) is 9.73. The first-order valence-electron chi connectivity index (χ1n) is 3.91. The summed E-state index contributed by atoms with van der Waals surface area (Å²) in [5.74, 6) is -3.49. The summed E-state index contributed by atoms with van der Waals surface area (Å²) in [5.41, 5.74) is 5.01. The zero-order valence-electron chi connectivity index (χ0n) is 6.88. The smallest absolute Gasteiger partial charge is 0.307 e. The van der Waals surface area contributed by atoms with E-state index in [1.165, 1.54) is 12.2 Å². The number of carboxylic acids is 1. The first-order chi connectivity index (χ1) is 6.02. The highest BCUT2D eigenvalue weighted by atomic mass is 16.4. The molecule has 0 aliphatic heterocycles. The van der Waals surface area contributed by atoms with E-state index in [2.05, 4.69) is 0 Å². The number of aliphatic hydroxyl groups excluding tert-OH is 1. The summed E-state index contributed by atoms with van der Waals surface area (Å²) in [7, 11) is 0. The fourth-order valence-corrected chi connectivity index (χ4v) is 1.41. The monoisotopic (exact) mass is 185 g/mol. The van der Waals surface area contributed by atoms with E-state index < -0.39 is 29.8 Å². The van der Waals surface area contributed by atoms with Gasteiger partial charge in [-0.05, 0) is 6.42 Å². The Morgan fingerprint density at radius 3 is 2.46 bits per heavy atom. The predicted octanol–water partition coefficient (Wildman–Crippen LogP) is -0.891. The van der Waals surface area contributed by atoms with Gasteiger partial charge in [-0.2, -0.15) is 0 Å². The maximum atomic E-state index is 10.8. The molecule has 0 saturated heterocycles. The molecule has 72 valence electrons. The lowest BCUT2D eigenvalue weighted by atomic mass is 9.82. The molecule has 4 N–H and O–H groups in total. The zero-order chi connectivity index (χ0) is 10.0. The van der Waals surface area contributed by atoms with Gasteiger partial charge in [-0.25, -0.2) is 0 Å². The molecule has 3 atom stereocenters. The van der Waals surface area contributed by atoms with Gasteiger partial charge in [-0.1, -0.05) is 12.2 Å². The topological polar surface area (TPSA) is 101 Å². The molecule has 0 aromatic rings. The van der Waals surface area contributed by atoms with Crippen molar-refractivity contribution in [3.05, 3.63) is 12.2 Å². The Bertz CT molecular complexity index is 261. The average molecular weight is 185 g/mol. The van der Waals surface area contributed by atoms with Gasteiger partial charge in [-0.3, -0.25) is 9.59 Å². The minimum Gasteiger partial charge on any atom is -0.481 e. The standard InChI is InChI=1S/C8H11NO4/c9-7(11)5-2-1-4(10)3-6(5)8(12)13/h1-2,4-6,10H,3H2,(H2,9,11)(H,12,13). The SMILES string of the molecule is NC(=O)C1C=CC(O)CC1C(=O)O. The van der Waals surface area contributed by atoms with Crippen molar-refractivity contribution in [2.24, 2.45) is 17.6 Å². The quantitative estimate of drug-likeness (QED) is 0.486. The van der Waals surface area contributed by atoms with Crippen LogP contribution < -0.4 is 5.73 Å². The largest absolute Gasteiger partial charge is 0.481 e. The van der Waals surface area contributed by atoms with Crippen LogP contribution in [0.1, 0.15) is 6.42 Å². The van der Waals surface area contributed by atoms with Crippen molar-refractivity contribution in [2.75, 3.05) is 0 Å². The highest BCUT2D eigenvalue weighted by Crippen LogP contribution is 2.24. The van der Waals surface area contributed by atoms with Gasteiger partial charge in [0.25, 0.3) is 0 Å². The number of carboxylic acid groups (broad SMARTS) is 1. The normalized spacial score (nSPS) is 32.8. The molecule has 0 aromatic heterocycles. The molecule has 0 aromatic carbocycles. The van der Waals surface area contributed by atoms with Crippen molar-refractivity contribution < 1.29 is 19.8 Å². The van der Waals surface area contributed by atoms with Gasteiger partial charge in [0, 0.05) is 0 Å². The van der Waals surface area contributed by atoms with Crippen LogP contribution in [0.5, 0.6) is 0 Å². The van der Waals surface area contributed by atoms with E-state index >= 15 is 0 Å². The third kappa shape index (κ3) is 2.06. The van der Waals surface area contributed by atoms with Crippen LogP contribution in [-0.2, 0) is 9.59 Å². The van der Waals surface area contributed by atoms with Gasteiger partial charge < -0.3 is 15.9 Å². The molecule has 5 heteroatoms. The Labute approximate surface area is 74.8 Å². The number of amides is 1. The van der Waals surface area contributed by atoms with Crippen LogP contribution in [0.2, 0.25) is 0 Å². The second-order valence-electron chi connectivity index (χ2n) is 3.06. The summed E-state index contributed by atoms with van der Waals surface area (Å²) < 4.78 is 0. The summed E-state index contributed by atoms with van der Waals surface area (Å²) >= 11 is 0. The van der Waals surface area contributed by atoms with Crippen LogP contribution in [0.4, 0.5) is 0 Å². The molecule has 0 bridgehead atoms. The van der Waals surface area contributed by atoms with Crippen LogP contribution in [0.15, 0.2) is 12.2 Å². The number of nitrogens with two attached hydrogens (primary N) is 1. The number of aliphatic carboxylic acids is 1. The molecule has 1 amide bonds. The highest BCUT2D eigenvalue weighted by molar-refractivity contribution is 5.85. The van der Waals surface area contributed by atoms with Gasteiger partial charge in [0.05, 0.1) is 17.9 Å². The van der Waals surface area contributed by atoms with Crippen LogP contribution >= 0.6 is 0 Å². The predicted molar refractivity (Wildman–Crippen MR) is 43.6 cm³/mol. The van der Waals surface area contributed by atoms with Crippen molar-refractivity contribution in [3.63, 3.8) is 0 Å². The fraction of sp³-hybridized carbons (Fsp3) is 0.500. The molecule has 0 spiro atoms. The number of hydrogen-bond donors (Lipinski definition) is 3. The summed E-state index contributed by atoms with van der Waals surface area (Å²) in [5, 5.41) is 17.8. The summed E-state index contributed by atoms with van der Waals surface area (Å²) in [4.78, 5) is 21.5. The third-order valence-electron chi connectivity index (χ3n) is 2.12. The van der Waals surface area contributed by atoms with E-state index in [1.54, 1.807) is 0 Å². The first-order valence-corrected chi connectivity index (χ1v) is 3.91. The minimum atomic E-state index is -1.10. The van der Waals surface area contributed by atoms with Crippen molar-refractivity contribution in [2.45, 2.75) is 12.5 Å². The summed E-state index contributed by atoms with van der Waals surface area (Å²) in [6, 6.07) is 0. The van der Waals surface area contributed by atoms with Crippen LogP contribution in [-0.4, -0.2) is 28.2 Å². The Morgan fingerprint density at radius 1 is 1.38 bits per heavy atom. The molecule has 13 heavy (non-hydrogen) atoms. The molecular formula is C8H11NO4. The van der Waals surface area contributed by atoms with Gasteiger partial charge >= 0.3 is 5.97 Å². The molecule has 3 unspecified atom stereocenters. The molecule has 1 aliphatic rings. The third-order valence-corrected chi connectivity index (χ3v) is 2.12. The van der Waals surface area contributed by atoms with Crippen LogP contribution in [0.3, 0.4) is 0 Å². The molecular weight excluding hydrogens is 174 g/mol. The molecule has 0 saturated carbocycles. The van der Waals surface area contributed by atoms with Gasteiger partial charge in [0.2, 0.25) is 5.91 Å². The Balaban J connectivity index is 2.85. The number of carbonyl (C=O) groups is 2. The van der Waals surface area contributed by atoms with Gasteiger partial charge in [-0.15, -0.1) is 0 Å². The van der Waals surface area contributed by atoms with Crippen LogP contribution in [0.25, 0.3) is 0 Å². The average Bonchev–Trinajstić information content (AvgIpc) is 2.03. The van der Waals surface area contributed by atoms with E-state index in [9.17, 15) is 9.59 Å². The number of hydrogen-bond acceptors (Lipinski definition) is 3. The zero-order valence-corrected chi connectivity index (χ0v) is 6.88. The van der Waals surface area contributed by atoms with Crippen molar-refractivity contribution in [3.8, 4) is 0 Å². The van der Waals surface area contributed by atoms with Gasteiger partial charge in [0.1, 0.15) is 0 Å². The number of aliphatic hydroxyl groups is 1. The Morgan fingerprint density at radius 2 is 2.00 bits per heavy atom. The molecule has 0 radical (unpaired) electrons. The number of carbonyl (C=O) groups excluding carboxylic acids is 1. The fourth-order valence-electron chi connectivity index (χ4n) is 1.41. The number of primary amides is 1.